The van der Waals surface area contributed by atoms with Crippen molar-refractivity contribution >= 4 is 5.91 Å². The molecule has 1 unspecified atom stereocenters. The maximum atomic E-state index is 11.9. The molecule has 0 radical (unpaired) electrons. The van der Waals surface area contributed by atoms with Gasteiger partial charge in [0.2, 0.25) is 5.91 Å². The van der Waals surface area contributed by atoms with E-state index in [1.54, 1.807) is 0 Å². The number of unbranched alkanes of at least 4 members (excludes halogenated alkanes) is 14. The lowest BCUT2D eigenvalue weighted by Crippen LogP contribution is -3.00. The summed E-state index contributed by atoms with van der Waals surface area (Å²) in [7, 11) is 6.33. The molecule has 0 fully saturated rings. The first-order chi connectivity index (χ1) is 12.4. The van der Waals surface area contributed by atoms with E-state index < -0.39 is 0 Å². The molecule has 0 saturated heterocycles. The highest BCUT2D eigenvalue weighted by Crippen LogP contribution is 2.13. The second kappa shape index (κ2) is 19.5. The molecule has 1 amide bonds. The summed E-state index contributed by atoms with van der Waals surface area (Å²) in [6, 6.07) is 0. The molecule has 0 aliphatic rings. The Kier molecular flexibility index (Phi) is 21.2. The fourth-order valence-electron chi connectivity index (χ4n) is 3.16. The molecule has 0 heterocycles. The monoisotopic (exact) mass is 496 g/mol. The molecule has 1 N–H and O–H groups in total. The van der Waals surface area contributed by atoms with Crippen molar-refractivity contribution in [3.8, 4) is 0 Å². The zero-order valence-corrected chi connectivity index (χ0v) is 21.3. The third-order valence-corrected chi connectivity index (χ3v) is 5.54. The molecule has 0 saturated carbocycles. The molecule has 1 atom stereocenters. The van der Waals surface area contributed by atoms with Gasteiger partial charge in [-0.15, -0.1) is 0 Å². The van der Waals surface area contributed by atoms with Gasteiger partial charge in [0.15, 0.2) is 6.17 Å². The number of amides is 1. The minimum Gasteiger partial charge on any atom is -1.00 e. The number of nitrogens with zero attached hydrogens (tertiary/aromatic N) is 1. The van der Waals surface area contributed by atoms with Crippen LogP contribution in [0.3, 0.4) is 0 Å². The largest absolute Gasteiger partial charge is 1.00 e. The normalized spacial score (nSPS) is 12.5. The highest BCUT2D eigenvalue weighted by Gasteiger charge is 2.19. The lowest BCUT2D eigenvalue weighted by molar-refractivity contribution is -0.896. The van der Waals surface area contributed by atoms with Crippen molar-refractivity contribution in [2.24, 2.45) is 0 Å². The minimum atomic E-state index is 0. The molecule has 0 aliphatic carbocycles. The first-order valence-corrected chi connectivity index (χ1v) is 11.5. The predicted octanol–water partition coefficient (Wildman–Crippen LogP) is 3.42. The molecule has 0 aromatic carbocycles. The molecule has 0 aliphatic heterocycles. The maximum absolute atomic E-state index is 11.9. The van der Waals surface area contributed by atoms with Crippen LogP contribution in [-0.4, -0.2) is 37.7 Å². The van der Waals surface area contributed by atoms with E-state index in [9.17, 15) is 4.79 Å². The number of quaternary nitrogens is 1. The Balaban J connectivity index is 0. The number of rotatable bonds is 18. The number of hydrogen-bond acceptors (Lipinski definition) is 1. The number of carbonyl (C=O) groups excluding carboxylic acids is 1. The summed E-state index contributed by atoms with van der Waals surface area (Å²) in [4.78, 5) is 11.9. The van der Waals surface area contributed by atoms with E-state index in [-0.39, 0.29) is 36.0 Å². The summed E-state index contributed by atoms with van der Waals surface area (Å²) in [6.07, 6.45) is 21.3. The van der Waals surface area contributed by atoms with Gasteiger partial charge >= 0.3 is 0 Å². The third-order valence-electron chi connectivity index (χ3n) is 5.54. The van der Waals surface area contributed by atoms with Crippen LogP contribution in [0.1, 0.15) is 117 Å². The van der Waals surface area contributed by atoms with Gasteiger partial charge in [0.05, 0.1) is 21.1 Å². The van der Waals surface area contributed by atoms with Crippen LogP contribution in [0.4, 0.5) is 0 Å². The second-order valence-corrected chi connectivity index (χ2v) is 9.06. The Labute approximate surface area is 188 Å². The van der Waals surface area contributed by atoms with Crippen LogP contribution < -0.4 is 29.3 Å². The first-order valence-electron chi connectivity index (χ1n) is 11.5. The first kappa shape index (κ1) is 29.4. The zero-order chi connectivity index (χ0) is 19.7. The van der Waals surface area contributed by atoms with Crippen LogP contribution in [0.25, 0.3) is 0 Å². The predicted molar refractivity (Wildman–Crippen MR) is 115 cm³/mol. The van der Waals surface area contributed by atoms with Crippen molar-refractivity contribution in [2.45, 2.75) is 123 Å². The van der Waals surface area contributed by atoms with Crippen molar-refractivity contribution in [1.82, 2.24) is 5.32 Å². The number of nitrogens with one attached hydrogen (secondary N) is 1. The Hall–Kier alpha value is 0.160. The lowest BCUT2D eigenvalue weighted by atomic mass is 10.0. The summed E-state index contributed by atoms with van der Waals surface area (Å²) in [6.45, 7) is 4.36. The molecule has 0 spiro atoms. The molecule has 0 aromatic heterocycles. The molecule has 0 rings (SSSR count). The van der Waals surface area contributed by atoms with Crippen LogP contribution in [0.2, 0.25) is 0 Å². The van der Waals surface area contributed by atoms with Crippen molar-refractivity contribution in [2.75, 3.05) is 21.1 Å². The van der Waals surface area contributed by atoms with Crippen molar-refractivity contribution in [1.29, 1.82) is 0 Å². The quantitative estimate of drug-likeness (QED) is 0.134. The van der Waals surface area contributed by atoms with Crippen molar-refractivity contribution in [3.05, 3.63) is 0 Å². The van der Waals surface area contributed by atoms with Gasteiger partial charge in [0.1, 0.15) is 0 Å². The summed E-state index contributed by atoms with van der Waals surface area (Å²) in [5.41, 5.74) is 0. The molecule has 4 heteroatoms. The van der Waals surface area contributed by atoms with E-state index in [2.05, 4.69) is 40.3 Å². The van der Waals surface area contributed by atoms with Crippen LogP contribution in [0.15, 0.2) is 0 Å². The number of hydrogen-bond donors (Lipinski definition) is 1. The highest BCUT2D eigenvalue weighted by atomic mass is 127. The molecule has 27 heavy (non-hydrogen) atoms. The topological polar surface area (TPSA) is 29.1 Å². The molecule has 164 valence electrons. The SMILES string of the molecule is CCCCCCCCCCCCCCCCCC(=O)NC(C)[N+](C)(C)C.[I-]. The molecular weight excluding hydrogens is 447 g/mol. The Morgan fingerprint density at radius 3 is 1.37 bits per heavy atom. The summed E-state index contributed by atoms with van der Waals surface area (Å²) in [5, 5.41) is 3.10. The van der Waals surface area contributed by atoms with Gasteiger partial charge in [-0.1, -0.05) is 96.8 Å². The van der Waals surface area contributed by atoms with Crippen LogP contribution in [0, 0.1) is 0 Å². The standard InChI is InChI=1S/C23H48N2O.HI/c1-6-7-8-9-10-11-12-13-14-15-16-17-18-19-20-21-23(26)24-22(2)25(3,4)5;/h22H,6-21H2,1-5H3;1H. The molecule has 3 nitrogen and oxygen atoms in total. The minimum absolute atomic E-state index is 0. The van der Waals surface area contributed by atoms with Crippen LogP contribution in [0.5, 0.6) is 0 Å². The lowest BCUT2D eigenvalue weighted by Gasteiger charge is -2.31. The Morgan fingerprint density at radius 2 is 1.04 bits per heavy atom. The van der Waals surface area contributed by atoms with Gasteiger partial charge in [-0.25, -0.2) is 0 Å². The average Bonchev–Trinajstić information content (AvgIpc) is 2.57. The number of halogens is 1. The van der Waals surface area contributed by atoms with Crippen LogP contribution >= 0.6 is 0 Å². The molecule has 0 aromatic rings. The van der Waals surface area contributed by atoms with E-state index in [1.165, 1.54) is 89.9 Å². The second-order valence-electron chi connectivity index (χ2n) is 9.06. The van der Waals surface area contributed by atoms with Gasteiger partial charge in [-0.3, -0.25) is 4.79 Å². The van der Waals surface area contributed by atoms with Gasteiger partial charge in [0.25, 0.3) is 0 Å². The van der Waals surface area contributed by atoms with E-state index in [1.807, 2.05) is 0 Å². The maximum Gasteiger partial charge on any atom is 0.224 e. The summed E-state index contributed by atoms with van der Waals surface area (Å²) < 4.78 is 0.768. The summed E-state index contributed by atoms with van der Waals surface area (Å²) in [5.74, 6) is 0.209. The van der Waals surface area contributed by atoms with Crippen LogP contribution in [-0.2, 0) is 4.79 Å². The van der Waals surface area contributed by atoms with E-state index in [0.717, 1.165) is 10.9 Å². The third kappa shape index (κ3) is 20.7. The highest BCUT2D eigenvalue weighted by molar-refractivity contribution is 5.75. The van der Waals surface area contributed by atoms with Gasteiger partial charge in [-0.2, -0.15) is 0 Å². The fraction of sp³-hybridized carbons (Fsp3) is 0.957. The van der Waals surface area contributed by atoms with E-state index >= 15 is 0 Å². The smallest absolute Gasteiger partial charge is 0.224 e. The van der Waals surface area contributed by atoms with Crippen molar-refractivity contribution in [3.63, 3.8) is 0 Å². The van der Waals surface area contributed by atoms with Crippen molar-refractivity contribution < 1.29 is 33.3 Å². The summed E-state index contributed by atoms with van der Waals surface area (Å²) >= 11 is 0. The molecular formula is C23H49IN2O. The van der Waals surface area contributed by atoms with E-state index in [4.69, 9.17) is 0 Å². The van der Waals surface area contributed by atoms with E-state index in [0.29, 0.717) is 6.42 Å². The average molecular weight is 497 g/mol. The Morgan fingerprint density at radius 1 is 0.704 bits per heavy atom. The van der Waals surface area contributed by atoms with Gasteiger partial charge < -0.3 is 33.8 Å². The zero-order valence-electron chi connectivity index (χ0n) is 19.1. The molecule has 0 bridgehead atoms. The van der Waals surface area contributed by atoms with Gasteiger partial charge in [0, 0.05) is 13.3 Å². The van der Waals surface area contributed by atoms with Gasteiger partial charge in [-0.05, 0) is 6.42 Å². The fourth-order valence-corrected chi connectivity index (χ4v) is 3.16. The number of carbonyl (C=O) groups is 1. The Bertz CT molecular complexity index is 329.